The minimum absolute atomic E-state index is 0.341. The topological polar surface area (TPSA) is 44.7 Å². The molecule has 1 aliphatic heterocycles. The summed E-state index contributed by atoms with van der Waals surface area (Å²) in [5.74, 6) is 0.740. The molecule has 1 heterocycles. The third-order valence-electron chi connectivity index (χ3n) is 3.06. The molecule has 2 N–H and O–H groups in total. The second-order valence-electron chi connectivity index (χ2n) is 5.32. The highest BCUT2D eigenvalue weighted by molar-refractivity contribution is 4.70. The van der Waals surface area contributed by atoms with Gasteiger partial charge in [0, 0.05) is 39.3 Å². The SMILES string of the molecule is CC(C)CCCOCC(O)CN1CCNCC1. The van der Waals surface area contributed by atoms with Crippen molar-refractivity contribution in [1.82, 2.24) is 10.2 Å². The molecule has 1 unspecified atom stereocenters. The number of nitrogens with zero attached hydrogens (tertiary/aromatic N) is 1. The normalized spacial score (nSPS) is 19.8. The lowest BCUT2D eigenvalue weighted by atomic mass is 10.1. The number of hydrogen-bond acceptors (Lipinski definition) is 4. The highest BCUT2D eigenvalue weighted by Gasteiger charge is 2.14. The maximum absolute atomic E-state index is 9.82. The first kappa shape index (κ1) is 14.9. The van der Waals surface area contributed by atoms with Gasteiger partial charge in [0.25, 0.3) is 0 Å². The van der Waals surface area contributed by atoms with Crippen LogP contribution in [0.2, 0.25) is 0 Å². The first-order valence-corrected chi connectivity index (χ1v) is 6.87. The Labute approximate surface area is 105 Å². The van der Waals surface area contributed by atoms with Crippen LogP contribution in [0.3, 0.4) is 0 Å². The Balaban J connectivity index is 1.95. The molecule has 0 spiro atoms. The summed E-state index contributed by atoms with van der Waals surface area (Å²) in [7, 11) is 0. The standard InChI is InChI=1S/C13H28N2O2/c1-12(2)4-3-9-17-11-13(16)10-15-7-5-14-6-8-15/h12-14,16H,3-11H2,1-2H3. The largest absolute Gasteiger partial charge is 0.389 e. The lowest BCUT2D eigenvalue weighted by molar-refractivity contribution is 0.0132. The lowest BCUT2D eigenvalue weighted by Crippen LogP contribution is -2.47. The Hall–Kier alpha value is -0.160. The molecule has 0 aromatic carbocycles. The van der Waals surface area contributed by atoms with Gasteiger partial charge in [0.05, 0.1) is 12.7 Å². The Morgan fingerprint density at radius 2 is 2.00 bits per heavy atom. The minimum atomic E-state index is -0.341. The molecule has 1 fully saturated rings. The van der Waals surface area contributed by atoms with Crippen LogP contribution < -0.4 is 5.32 Å². The zero-order chi connectivity index (χ0) is 12.5. The van der Waals surface area contributed by atoms with Gasteiger partial charge < -0.3 is 15.2 Å². The van der Waals surface area contributed by atoms with E-state index in [4.69, 9.17) is 4.74 Å². The highest BCUT2D eigenvalue weighted by atomic mass is 16.5. The van der Waals surface area contributed by atoms with Crippen LogP contribution in [0.25, 0.3) is 0 Å². The van der Waals surface area contributed by atoms with Crippen molar-refractivity contribution in [2.24, 2.45) is 5.92 Å². The number of nitrogens with one attached hydrogen (secondary N) is 1. The summed E-state index contributed by atoms with van der Waals surface area (Å²) in [6.07, 6.45) is 1.96. The van der Waals surface area contributed by atoms with E-state index < -0.39 is 0 Å². The van der Waals surface area contributed by atoms with Gasteiger partial charge in [0.2, 0.25) is 0 Å². The quantitative estimate of drug-likeness (QED) is 0.617. The van der Waals surface area contributed by atoms with Gasteiger partial charge in [0.15, 0.2) is 0 Å². The Kier molecular flexibility index (Phi) is 7.77. The molecule has 1 aliphatic rings. The van der Waals surface area contributed by atoms with E-state index in [1.807, 2.05) is 0 Å². The molecule has 0 bridgehead atoms. The molecular weight excluding hydrogens is 216 g/mol. The van der Waals surface area contributed by atoms with Gasteiger partial charge in [-0.2, -0.15) is 0 Å². The first-order valence-electron chi connectivity index (χ1n) is 6.87. The summed E-state index contributed by atoms with van der Waals surface area (Å²) in [4.78, 5) is 2.29. The van der Waals surface area contributed by atoms with Crippen molar-refractivity contribution in [3.63, 3.8) is 0 Å². The molecule has 0 saturated carbocycles. The van der Waals surface area contributed by atoms with Gasteiger partial charge in [-0.1, -0.05) is 13.8 Å². The molecule has 0 aromatic rings. The van der Waals surface area contributed by atoms with Crippen molar-refractivity contribution in [3.05, 3.63) is 0 Å². The molecule has 0 aliphatic carbocycles. The number of aliphatic hydroxyl groups excluding tert-OH is 1. The Morgan fingerprint density at radius 1 is 1.29 bits per heavy atom. The van der Waals surface area contributed by atoms with Crippen molar-refractivity contribution in [1.29, 1.82) is 0 Å². The van der Waals surface area contributed by atoms with Crippen molar-refractivity contribution in [2.45, 2.75) is 32.8 Å². The molecule has 1 atom stereocenters. The smallest absolute Gasteiger partial charge is 0.0900 e. The minimum Gasteiger partial charge on any atom is -0.389 e. The average molecular weight is 244 g/mol. The van der Waals surface area contributed by atoms with Gasteiger partial charge in [-0.3, -0.25) is 4.90 Å². The predicted octanol–water partition coefficient (Wildman–Crippen LogP) is 0.705. The maximum Gasteiger partial charge on any atom is 0.0900 e. The van der Waals surface area contributed by atoms with E-state index in [0.29, 0.717) is 6.61 Å². The van der Waals surface area contributed by atoms with E-state index in [9.17, 15) is 5.11 Å². The van der Waals surface area contributed by atoms with Gasteiger partial charge in [-0.15, -0.1) is 0 Å². The Bertz CT molecular complexity index is 182. The van der Waals surface area contributed by atoms with E-state index in [-0.39, 0.29) is 6.10 Å². The second kappa shape index (κ2) is 8.86. The van der Waals surface area contributed by atoms with Crippen LogP contribution in [-0.2, 0) is 4.74 Å². The first-order chi connectivity index (χ1) is 8.18. The van der Waals surface area contributed by atoms with Crippen molar-refractivity contribution in [2.75, 3.05) is 45.9 Å². The highest BCUT2D eigenvalue weighted by Crippen LogP contribution is 2.03. The molecule has 4 heteroatoms. The van der Waals surface area contributed by atoms with Gasteiger partial charge in [0.1, 0.15) is 0 Å². The monoisotopic (exact) mass is 244 g/mol. The summed E-state index contributed by atoms with van der Waals surface area (Å²) in [5.41, 5.74) is 0. The molecule has 102 valence electrons. The summed E-state index contributed by atoms with van der Waals surface area (Å²) < 4.78 is 5.50. The lowest BCUT2D eigenvalue weighted by Gasteiger charge is -2.28. The molecule has 0 aromatic heterocycles. The van der Waals surface area contributed by atoms with Crippen molar-refractivity contribution >= 4 is 0 Å². The summed E-state index contributed by atoms with van der Waals surface area (Å²) in [5, 5.41) is 13.1. The number of rotatable bonds is 8. The van der Waals surface area contributed by atoms with E-state index in [1.54, 1.807) is 0 Å². The van der Waals surface area contributed by atoms with Crippen LogP contribution in [0, 0.1) is 5.92 Å². The summed E-state index contributed by atoms with van der Waals surface area (Å²) in [6, 6.07) is 0. The fourth-order valence-corrected chi connectivity index (χ4v) is 2.06. The van der Waals surface area contributed by atoms with Crippen LogP contribution in [0.4, 0.5) is 0 Å². The van der Waals surface area contributed by atoms with Gasteiger partial charge in [-0.25, -0.2) is 0 Å². The number of ether oxygens (including phenoxy) is 1. The van der Waals surface area contributed by atoms with Crippen LogP contribution in [-0.4, -0.2) is 62.0 Å². The van der Waals surface area contributed by atoms with E-state index in [1.165, 1.54) is 6.42 Å². The van der Waals surface area contributed by atoms with E-state index in [0.717, 1.165) is 51.7 Å². The molecule has 0 radical (unpaired) electrons. The third kappa shape index (κ3) is 7.71. The Morgan fingerprint density at radius 3 is 2.65 bits per heavy atom. The average Bonchev–Trinajstić information content (AvgIpc) is 2.29. The molecule has 17 heavy (non-hydrogen) atoms. The fraction of sp³-hybridized carbons (Fsp3) is 1.00. The van der Waals surface area contributed by atoms with Crippen LogP contribution >= 0.6 is 0 Å². The van der Waals surface area contributed by atoms with E-state index >= 15 is 0 Å². The fourth-order valence-electron chi connectivity index (χ4n) is 2.06. The predicted molar refractivity (Wildman–Crippen MR) is 70.2 cm³/mol. The van der Waals surface area contributed by atoms with Crippen LogP contribution in [0.5, 0.6) is 0 Å². The zero-order valence-corrected chi connectivity index (χ0v) is 11.3. The summed E-state index contributed by atoms with van der Waals surface area (Å²) in [6.45, 7) is 10.6. The number of β-amino-alcohol motifs (C(OH)–C–C–N with tert-alkyl or cyclic N) is 1. The zero-order valence-electron chi connectivity index (χ0n) is 11.3. The van der Waals surface area contributed by atoms with Gasteiger partial charge in [-0.05, 0) is 18.8 Å². The van der Waals surface area contributed by atoms with E-state index in [2.05, 4.69) is 24.1 Å². The maximum atomic E-state index is 9.82. The molecule has 1 rings (SSSR count). The van der Waals surface area contributed by atoms with Crippen LogP contribution in [0.15, 0.2) is 0 Å². The third-order valence-corrected chi connectivity index (χ3v) is 3.06. The van der Waals surface area contributed by atoms with Gasteiger partial charge >= 0.3 is 0 Å². The van der Waals surface area contributed by atoms with Crippen LogP contribution in [0.1, 0.15) is 26.7 Å². The summed E-state index contributed by atoms with van der Waals surface area (Å²) >= 11 is 0. The number of hydrogen-bond donors (Lipinski definition) is 2. The molecule has 1 saturated heterocycles. The van der Waals surface area contributed by atoms with Crippen molar-refractivity contribution < 1.29 is 9.84 Å². The number of piperazine rings is 1. The molecule has 0 amide bonds. The van der Waals surface area contributed by atoms with Crippen molar-refractivity contribution in [3.8, 4) is 0 Å². The second-order valence-corrected chi connectivity index (χ2v) is 5.32. The molecule has 4 nitrogen and oxygen atoms in total. The molecular formula is C13H28N2O2. The number of aliphatic hydroxyl groups is 1.